The van der Waals surface area contributed by atoms with Crippen LogP contribution < -0.4 is 5.32 Å². The first-order valence-electron chi connectivity index (χ1n) is 5.17. The molecule has 0 aromatic rings. The summed E-state index contributed by atoms with van der Waals surface area (Å²) in [6, 6.07) is 0.345. The fraction of sp³-hybridized carbons (Fsp3) is 0.900. The fourth-order valence-corrected chi connectivity index (χ4v) is 1.22. The van der Waals surface area contributed by atoms with Crippen molar-refractivity contribution in [2.24, 2.45) is 0 Å². The van der Waals surface area contributed by atoms with Gasteiger partial charge in [0.25, 0.3) is 0 Å². The van der Waals surface area contributed by atoms with E-state index in [0.717, 1.165) is 25.9 Å². The van der Waals surface area contributed by atoms with E-state index >= 15 is 0 Å². The van der Waals surface area contributed by atoms with Crippen LogP contribution in [0.1, 0.15) is 40.5 Å². The first-order chi connectivity index (χ1) is 6.13. The Bertz CT molecular complexity index is 146. The molecule has 0 aliphatic carbocycles. The molecule has 0 fully saturated rings. The highest BCUT2D eigenvalue weighted by molar-refractivity contribution is 5.74. The number of urea groups is 1. The Hall–Kier alpha value is -0.730. The number of carbonyl (C=O) groups excluding carboxylic acids is 1. The summed E-state index contributed by atoms with van der Waals surface area (Å²) in [5.74, 6) is 0. The Balaban J connectivity index is 3.78. The molecule has 0 rings (SSSR count). The summed E-state index contributed by atoms with van der Waals surface area (Å²) in [4.78, 5) is 13.3. The predicted octanol–water partition coefficient (Wildman–Crippen LogP) is 2.23. The van der Waals surface area contributed by atoms with Crippen LogP contribution in [0.5, 0.6) is 0 Å². The van der Waals surface area contributed by atoms with Crippen LogP contribution in [0.25, 0.3) is 0 Å². The van der Waals surface area contributed by atoms with Crippen LogP contribution >= 0.6 is 0 Å². The van der Waals surface area contributed by atoms with Gasteiger partial charge in [0.15, 0.2) is 0 Å². The zero-order valence-corrected chi connectivity index (χ0v) is 9.26. The van der Waals surface area contributed by atoms with Gasteiger partial charge in [-0.25, -0.2) is 4.79 Å². The van der Waals surface area contributed by atoms with Gasteiger partial charge in [0.1, 0.15) is 0 Å². The maximum Gasteiger partial charge on any atom is 0.317 e. The molecule has 0 unspecified atom stereocenters. The van der Waals surface area contributed by atoms with Crippen molar-refractivity contribution in [3.05, 3.63) is 0 Å². The lowest BCUT2D eigenvalue weighted by Gasteiger charge is -2.25. The average molecular weight is 186 g/mol. The van der Waals surface area contributed by atoms with Crippen LogP contribution in [0.3, 0.4) is 0 Å². The van der Waals surface area contributed by atoms with Crippen molar-refractivity contribution in [3.8, 4) is 0 Å². The fourth-order valence-electron chi connectivity index (χ4n) is 1.22. The molecule has 2 amide bonds. The molecular formula is C10H22N2O. The van der Waals surface area contributed by atoms with Crippen LogP contribution in [0.4, 0.5) is 4.79 Å². The lowest BCUT2D eigenvalue weighted by atomic mass is 10.3. The van der Waals surface area contributed by atoms with Gasteiger partial charge in [-0.3, -0.25) is 0 Å². The van der Waals surface area contributed by atoms with E-state index in [9.17, 15) is 4.79 Å². The largest absolute Gasteiger partial charge is 0.338 e. The molecule has 0 saturated carbocycles. The number of hydrogen-bond acceptors (Lipinski definition) is 1. The van der Waals surface area contributed by atoms with Gasteiger partial charge in [0.2, 0.25) is 0 Å². The van der Waals surface area contributed by atoms with Crippen LogP contribution in [0.15, 0.2) is 0 Å². The lowest BCUT2D eigenvalue weighted by molar-refractivity contribution is 0.187. The Labute approximate surface area is 81.5 Å². The molecule has 0 heterocycles. The summed E-state index contributed by atoms with van der Waals surface area (Å²) in [7, 11) is 0. The van der Waals surface area contributed by atoms with E-state index in [1.807, 2.05) is 25.7 Å². The number of rotatable bonds is 5. The van der Waals surface area contributed by atoms with Gasteiger partial charge in [-0.1, -0.05) is 13.3 Å². The normalized spacial score (nSPS) is 10.2. The zero-order chi connectivity index (χ0) is 10.3. The third-order valence-electron chi connectivity index (χ3n) is 2.03. The summed E-state index contributed by atoms with van der Waals surface area (Å²) in [6.07, 6.45) is 2.18. The molecule has 0 saturated heterocycles. The Morgan fingerprint density at radius 3 is 2.38 bits per heavy atom. The summed E-state index contributed by atoms with van der Waals surface area (Å²) >= 11 is 0. The summed E-state index contributed by atoms with van der Waals surface area (Å²) in [5.41, 5.74) is 0. The maximum absolute atomic E-state index is 11.5. The van der Waals surface area contributed by atoms with Gasteiger partial charge in [-0.05, 0) is 27.2 Å². The lowest BCUT2D eigenvalue weighted by Crippen LogP contribution is -2.44. The minimum absolute atomic E-state index is 0.0611. The molecule has 0 atom stereocenters. The molecule has 0 spiro atoms. The molecule has 3 heteroatoms. The molecule has 0 aliphatic heterocycles. The van der Waals surface area contributed by atoms with Crippen molar-refractivity contribution in [1.29, 1.82) is 0 Å². The van der Waals surface area contributed by atoms with Crippen molar-refractivity contribution in [1.82, 2.24) is 10.2 Å². The minimum atomic E-state index is 0.0611. The Morgan fingerprint density at radius 1 is 1.38 bits per heavy atom. The van der Waals surface area contributed by atoms with Gasteiger partial charge >= 0.3 is 6.03 Å². The highest BCUT2D eigenvalue weighted by Crippen LogP contribution is 1.97. The van der Waals surface area contributed by atoms with Crippen molar-refractivity contribution in [3.63, 3.8) is 0 Å². The molecule has 0 aromatic heterocycles. The van der Waals surface area contributed by atoms with E-state index in [4.69, 9.17) is 0 Å². The van der Waals surface area contributed by atoms with E-state index < -0.39 is 0 Å². The van der Waals surface area contributed by atoms with Crippen molar-refractivity contribution in [2.45, 2.75) is 46.6 Å². The molecule has 0 bridgehead atoms. The van der Waals surface area contributed by atoms with Gasteiger partial charge < -0.3 is 10.2 Å². The van der Waals surface area contributed by atoms with Crippen LogP contribution in [-0.2, 0) is 0 Å². The molecule has 3 nitrogen and oxygen atoms in total. The highest BCUT2D eigenvalue weighted by atomic mass is 16.2. The Kier molecular flexibility index (Phi) is 6.37. The molecule has 1 N–H and O–H groups in total. The monoisotopic (exact) mass is 186 g/mol. The van der Waals surface area contributed by atoms with Crippen molar-refractivity contribution < 1.29 is 4.79 Å². The molecular weight excluding hydrogens is 164 g/mol. The zero-order valence-electron chi connectivity index (χ0n) is 9.26. The number of unbranched alkanes of at least 4 members (excludes halogenated alkanes) is 1. The SMILES string of the molecule is CCCCNC(=O)N(CC)C(C)C. The first kappa shape index (κ1) is 12.3. The second-order valence-corrected chi connectivity index (χ2v) is 3.47. The number of hydrogen-bond donors (Lipinski definition) is 1. The smallest absolute Gasteiger partial charge is 0.317 e. The second-order valence-electron chi connectivity index (χ2n) is 3.47. The van der Waals surface area contributed by atoms with Gasteiger partial charge in [0.05, 0.1) is 0 Å². The molecule has 0 aliphatic rings. The third-order valence-corrected chi connectivity index (χ3v) is 2.03. The Morgan fingerprint density at radius 2 is 2.00 bits per heavy atom. The predicted molar refractivity (Wildman–Crippen MR) is 55.8 cm³/mol. The average Bonchev–Trinajstić information content (AvgIpc) is 2.05. The summed E-state index contributed by atoms with van der Waals surface area (Å²) < 4.78 is 0. The molecule has 13 heavy (non-hydrogen) atoms. The summed E-state index contributed by atoms with van der Waals surface area (Å²) in [5, 5.41) is 2.90. The minimum Gasteiger partial charge on any atom is -0.338 e. The van der Waals surface area contributed by atoms with Crippen LogP contribution in [-0.4, -0.2) is 30.1 Å². The number of carbonyl (C=O) groups is 1. The molecule has 78 valence electrons. The van der Waals surface area contributed by atoms with E-state index in [0.29, 0.717) is 0 Å². The third kappa shape index (κ3) is 4.76. The molecule has 0 aromatic carbocycles. The van der Waals surface area contributed by atoms with Crippen LogP contribution in [0, 0.1) is 0 Å². The van der Waals surface area contributed by atoms with E-state index in [1.54, 1.807) is 0 Å². The maximum atomic E-state index is 11.5. The second kappa shape index (κ2) is 6.75. The van der Waals surface area contributed by atoms with E-state index in [1.165, 1.54) is 0 Å². The summed E-state index contributed by atoms with van der Waals surface area (Å²) in [6.45, 7) is 9.74. The van der Waals surface area contributed by atoms with E-state index in [2.05, 4.69) is 12.2 Å². The van der Waals surface area contributed by atoms with Gasteiger partial charge in [-0.15, -0.1) is 0 Å². The topological polar surface area (TPSA) is 32.3 Å². The van der Waals surface area contributed by atoms with E-state index in [-0.39, 0.29) is 12.1 Å². The highest BCUT2D eigenvalue weighted by Gasteiger charge is 2.13. The van der Waals surface area contributed by atoms with Crippen LogP contribution in [0.2, 0.25) is 0 Å². The quantitative estimate of drug-likeness (QED) is 0.656. The standard InChI is InChI=1S/C10H22N2O/c1-5-7-8-11-10(13)12(6-2)9(3)4/h9H,5-8H2,1-4H3,(H,11,13). The number of nitrogens with zero attached hydrogens (tertiary/aromatic N) is 1. The van der Waals surface area contributed by atoms with Gasteiger partial charge in [0, 0.05) is 19.1 Å². The van der Waals surface area contributed by atoms with Crippen molar-refractivity contribution >= 4 is 6.03 Å². The number of nitrogens with one attached hydrogen (secondary N) is 1. The van der Waals surface area contributed by atoms with Gasteiger partial charge in [-0.2, -0.15) is 0 Å². The van der Waals surface area contributed by atoms with Crippen molar-refractivity contribution in [2.75, 3.05) is 13.1 Å². The first-order valence-corrected chi connectivity index (χ1v) is 5.17. The molecule has 0 radical (unpaired) electrons. The number of amides is 2.